The molecule has 0 radical (unpaired) electrons. The number of carbonyl (C=O) groups excluding carboxylic acids is 1. The number of nitrogens with two attached hydrogens (primary N) is 1. The van der Waals surface area contributed by atoms with Crippen molar-refractivity contribution < 1.29 is 9.42 Å². The Morgan fingerprint density at radius 1 is 1.39 bits per heavy atom. The second-order valence-electron chi connectivity index (χ2n) is 3.83. The standard InChI is InChI=1S/C11H13N5O2/c1-16(7-4-8-2-5-13-6-3-8)11(17)9-10(12)15-18-14-9/h2-3,5-6H,4,7H2,1H3,(H2,12,15). The van der Waals surface area contributed by atoms with Gasteiger partial charge in [-0.15, -0.1) is 0 Å². The summed E-state index contributed by atoms with van der Waals surface area (Å²) in [7, 11) is 1.68. The van der Waals surface area contributed by atoms with Gasteiger partial charge in [-0.1, -0.05) is 0 Å². The number of anilines is 1. The summed E-state index contributed by atoms with van der Waals surface area (Å²) in [5, 5.41) is 6.85. The van der Waals surface area contributed by atoms with Gasteiger partial charge in [0.05, 0.1) is 0 Å². The Bertz CT molecular complexity index is 525. The van der Waals surface area contributed by atoms with E-state index < -0.39 is 0 Å². The molecule has 0 aliphatic rings. The molecule has 0 saturated carbocycles. The first-order chi connectivity index (χ1) is 8.68. The Hall–Kier alpha value is -2.44. The Morgan fingerprint density at radius 2 is 2.11 bits per heavy atom. The summed E-state index contributed by atoms with van der Waals surface area (Å²) in [6.07, 6.45) is 4.17. The Balaban J connectivity index is 1.95. The maximum atomic E-state index is 11.9. The first-order valence-corrected chi connectivity index (χ1v) is 5.41. The molecule has 0 unspecified atom stereocenters. The molecule has 2 rings (SSSR count). The maximum Gasteiger partial charge on any atom is 0.279 e. The lowest BCUT2D eigenvalue weighted by Gasteiger charge is -2.15. The van der Waals surface area contributed by atoms with Crippen LogP contribution in [0.25, 0.3) is 0 Å². The third kappa shape index (κ3) is 2.62. The van der Waals surface area contributed by atoms with Gasteiger partial charge in [0.25, 0.3) is 5.91 Å². The second-order valence-corrected chi connectivity index (χ2v) is 3.83. The molecule has 0 fully saturated rings. The molecule has 0 saturated heterocycles. The lowest BCUT2D eigenvalue weighted by molar-refractivity contribution is 0.0786. The highest BCUT2D eigenvalue weighted by molar-refractivity contribution is 5.95. The highest BCUT2D eigenvalue weighted by Gasteiger charge is 2.19. The van der Waals surface area contributed by atoms with Gasteiger partial charge in [-0.05, 0) is 34.4 Å². The summed E-state index contributed by atoms with van der Waals surface area (Å²) in [4.78, 5) is 17.4. The van der Waals surface area contributed by atoms with Gasteiger partial charge in [0.2, 0.25) is 11.5 Å². The van der Waals surface area contributed by atoms with Crippen molar-refractivity contribution in [3.05, 3.63) is 35.8 Å². The molecule has 0 aromatic carbocycles. The van der Waals surface area contributed by atoms with Crippen LogP contribution in [0.1, 0.15) is 16.1 Å². The van der Waals surface area contributed by atoms with Crippen LogP contribution >= 0.6 is 0 Å². The number of amides is 1. The Morgan fingerprint density at radius 3 is 2.72 bits per heavy atom. The number of carbonyl (C=O) groups is 1. The molecule has 7 heteroatoms. The van der Waals surface area contributed by atoms with Crippen molar-refractivity contribution in [1.82, 2.24) is 20.2 Å². The predicted octanol–water partition coefficient (Wildman–Crippen LogP) is 0.362. The molecular weight excluding hydrogens is 234 g/mol. The van der Waals surface area contributed by atoms with Crippen LogP contribution in [-0.2, 0) is 6.42 Å². The SMILES string of the molecule is CN(CCc1ccncc1)C(=O)c1nonc1N. The number of hydrogen-bond donors (Lipinski definition) is 1. The normalized spacial score (nSPS) is 10.3. The average Bonchev–Trinajstić information content (AvgIpc) is 2.82. The maximum absolute atomic E-state index is 11.9. The van der Waals surface area contributed by atoms with Gasteiger partial charge in [0.1, 0.15) is 0 Å². The fraction of sp³-hybridized carbons (Fsp3) is 0.273. The molecule has 2 aromatic heterocycles. The quantitative estimate of drug-likeness (QED) is 0.837. The van der Waals surface area contributed by atoms with Gasteiger partial charge in [-0.2, -0.15) is 0 Å². The molecule has 94 valence electrons. The lowest BCUT2D eigenvalue weighted by atomic mass is 10.2. The fourth-order valence-corrected chi connectivity index (χ4v) is 1.47. The van der Waals surface area contributed by atoms with E-state index in [1.807, 2.05) is 12.1 Å². The summed E-state index contributed by atoms with van der Waals surface area (Å²) >= 11 is 0. The number of rotatable bonds is 4. The van der Waals surface area contributed by atoms with Crippen LogP contribution in [-0.4, -0.2) is 39.7 Å². The van der Waals surface area contributed by atoms with Crippen LogP contribution in [0.5, 0.6) is 0 Å². The number of pyridine rings is 1. The van der Waals surface area contributed by atoms with Crippen molar-refractivity contribution in [3.63, 3.8) is 0 Å². The zero-order valence-corrected chi connectivity index (χ0v) is 9.91. The largest absolute Gasteiger partial charge is 0.379 e. The number of likely N-dealkylation sites (N-methyl/N-ethyl adjacent to an activating group) is 1. The molecule has 0 bridgehead atoms. The van der Waals surface area contributed by atoms with E-state index >= 15 is 0 Å². The molecule has 0 atom stereocenters. The minimum absolute atomic E-state index is 0.00996. The number of nitrogen functional groups attached to an aromatic ring is 1. The van der Waals surface area contributed by atoms with Crippen molar-refractivity contribution in [2.75, 3.05) is 19.3 Å². The minimum atomic E-state index is -0.303. The second kappa shape index (κ2) is 5.26. The molecule has 2 N–H and O–H groups in total. The molecule has 0 spiro atoms. The van der Waals surface area contributed by atoms with Gasteiger partial charge >= 0.3 is 0 Å². The molecule has 0 aliphatic carbocycles. The van der Waals surface area contributed by atoms with Gasteiger partial charge in [0.15, 0.2) is 0 Å². The highest BCUT2D eigenvalue weighted by atomic mass is 16.6. The zero-order valence-electron chi connectivity index (χ0n) is 9.91. The third-order valence-electron chi connectivity index (χ3n) is 2.55. The van der Waals surface area contributed by atoms with E-state index in [-0.39, 0.29) is 17.4 Å². The molecule has 2 heterocycles. The minimum Gasteiger partial charge on any atom is -0.379 e. The summed E-state index contributed by atoms with van der Waals surface area (Å²) in [5.74, 6) is -0.293. The van der Waals surface area contributed by atoms with E-state index in [0.29, 0.717) is 6.54 Å². The number of nitrogens with zero attached hydrogens (tertiary/aromatic N) is 4. The average molecular weight is 247 g/mol. The van der Waals surface area contributed by atoms with E-state index in [2.05, 4.69) is 19.9 Å². The molecule has 18 heavy (non-hydrogen) atoms. The predicted molar refractivity (Wildman–Crippen MR) is 63.6 cm³/mol. The third-order valence-corrected chi connectivity index (χ3v) is 2.55. The number of hydrogen-bond acceptors (Lipinski definition) is 6. The lowest BCUT2D eigenvalue weighted by Crippen LogP contribution is -2.29. The van der Waals surface area contributed by atoms with Gasteiger partial charge in [-0.25, -0.2) is 4.63 Å². The van der Waals surface area contributed by atoms with Crippen LogP contribution in [0.15, 0.2) is 29.2 Å². The Kier molecular flexibility index (Phi) is 3.52. The van der Waals surface area contributed by atoms with E-state index in [9.17, 15) is 4.79 Å². The van der Waals surface area contributed by atoms with Crippen molar-refractivity contribution in [2.45, 2.75) is 6.42 Å². The topological polar surface area (TPSA) is 98.1 Å². The fourth-order valence-electron chi connectivity index (χ4n) is 1.47. The van der Waals surface area contributed by atoms with E-state index in [0.717, 1.165) is 12.0 Å². The molecule has 2 aromatic rings. The first kappa shape index (κ1) is 12.0. The van der Waals surface area contributed by atoms with Crippen molar-refractivity contribution >= 4 is 11.7 Å². The highest BCUT2D eigenvalue weighted by Crippen LogP contribution is 2.08. The van der Waals surface area contributed by atoms with Crippen LogP contribution in [0.4, 0.5) is 5.82 Å². The van der Waals surface area contributed by atoms with Crippen molar-refractivity contribution in [3.8, 4) is 0 Å². The molecule has 7 nitrogen and oxygen atoms in total. The monoisotopic (exact) mass is 247 g/mol. The van der Waals surface area contributed by atoms with Crippen molar-refractivity contribution in [1.29, 1.82) is 0 Å². The van der Waals surface area contributed by atoms with Crippen LogP contribution < -0.4 is 5.73 Å². The Labute approximate surface area is 104 Å². The van der Waals surface area contributed by atoms with Crippen LogP contribution in [0.2, 0.25) is 0 Å². The molecule has 0 aliphatic heterocycles. The first-order valence-electron chi connectivity index (χ1n) is 5.41. The summed E-state index contributed by atoms with van der Waals surface area (Å²) < 4.78 is 4.40. The number of aromatic nitrogens is 3. The van der Waals surface area contributed by atoms with Gasteiger partial charge < -0.3 is 10.6 Å². The van der Waals surface area contributed by atoms with Crippen LogP contribution in [0, 0.1) is 0 Å². The van der Waals surface area contributed by atoms with E-state index in [1.54, 1.807) is 19.4 Å². The van der Waals surface area contributed by atoms with Gasteiger partial charge in [0, 0.05) is 26.0 Å². The van der Waals surface area contributed by atoms with E-state index in [4.69, 9.17) is 5.73 Å². The molecule has 1 amide bonds. The van der Waals surface area contributed by atoms with Gasteiger partial charge in [-0.3, -0.25) is 9.78 Å². The van der Waals surface area contributed by atoms with Crippen LogP contribution in [0.3, 0.4) is 0 Å². The smallest absolute Gasteiger partial charge is 0.279 e. The zero-order chi connectivity index (χ0) is 13.0. The summed E-state index contributed by atoms with van der Waals surface area (Å²) in [6.45, 7) is 0.551. The van der Waals surface area contributed by atoms with E-state index in [1.165, 1.54) is 4.90 Å². The van der Waals surface area contributed by atoms with Crippen molar-refractivity contribution in [2.24, 2.45) is 0 Å². The molecular formula is C11H13N5O2. The summed E-state index contributed by atoms with van der Waals surface area (Å²) in [6, 6.07) is 3.81. The summed E-state index contributed by atoms with van der Waals surface area (Å²) in [5.41, 5.74) is 6.62.